The molecule has 8 heteroatoms. The number of nitrogens with zero attached hydrogens (tertiary/aromatic N) is 2. The molecule has 11 atom stereocenters. The van der Waals surface area contributed by atoms with Crippen LogP contribution in [0.3, 0.4) is 0 Å². The van der Waals surface area contributed by atoms with Crippen molar-refractivity contribution in [3.63, 3.8) is 0 Å². The van der Waals surface area contributed by atoms with Gasteiger partial charge in [-0.15, -0.1) is 0 Å². The van der Waals surface area contributed by atoms with E-state index in [9.17, 15) is 14.7 Å². The summed E-state index contributed by atoms with van der Waals surface area (Å²) < 4.78 is 20.5. The highest BCUT2D eigenvalue weighted by molar-refractivity contribution is 5.78. The zero-order chi connectivity index (χ0) is 39.1. The molecule has 1 aromatic rings. The molecule has 4 saturated carbocycles. The molecular weight excluding hydrogens is 677 g/mol. The predicted molar refractivity (Wildman–Crippen MR) is 212 cm³/mol. The van der Waals surface area contributed by atoms with Crippen LogP contribution in [0, 0.1) is 51.2 Å². The first-order valence-corrected chi connectivity index (χ1v) is 21.9. The summed E-state index contributed by atoms with van der Waals surface area (Å²) in [5.41, 5.74) is -0.400. The second-order valence-corrected chi connectivity index (χ2v) is 19.7. The molecule has 1 aromatic heterocycles. The van der Waals surface area contributed by atoms with Crippen LogP contribution in [0.15, 0.2) is 24.5 Å². The number of hydrogen-bond acceptors (Lipinski definition) is 7. The van der Waals surface area contributed by atoms with Gasteiger partial charge < -0.3 is 23.9 Å². The molecule has 1 N–H and O–H groups in total. The van der Waals surface area contributed by atoms with Crippen LogP contribution in [0.5, 0.6) is 0 Å². The standard InChI is InChI=1S/C46H74N2O6/c1-10-37-47-25-27-48(37)26-17-15-13-11-12-14-16-18-28-53-41(51)46-22-19-32(31(2)3)39(46)33-29-34(49)40-44(7,43(33,6)23-24-46)21-20-35-42(4,5)54-36(45(35,40)8)30-38(50)52-9/h25,27,32-36,39-40,49H,2,10-24,26,28-30H2,1,3-9H3/t32-,33+,34+,35?,36?,39+,40-,43+,44+,45+,46-/m0/s1. The van der Waals surface area contributed by atoms with Crippen molar-refractivity contribution in [1.29, 1.82) is 0 Å². The Morgan fingerprint density at radius 3 is 2.31 bits per heavy atom. The van der Waals surface area contributed by atoms with E-state index in [1.165, 1.54) is 51.5 Å². The Morgan fingerprint density at radius 1 is 0.963 bits per heavy atom. The number of allylic oxidation sites excluding steroid dienone is 1. The average molecular weight is 751 g/mol. The summed E-state index contributed by atoms with van der Waals surface area (Å²) in [4.78, 5) is 31.6. The number of esters is 2. The fourth-order valence-electron chi connectivity index (χ4n) is 14.1. The van der Waals surface area contributed by atoms with Crippen molar-refractivity contribution < 1.29 is 28.9 Å². The number of carbonyl (C=O) groups excluding carboxylic acids is 2. The van der Waals surface area contributed by atoms with Gasteiger partial charge in [-0.05, 0) is 119 Å². The highest BCUT2D eigenvalue weighted by Gasteiger charge is 2.76. The molecule has 2 heterocycles. The molecular formula is C46H74N2O6. The Bertz CT molecular complexity index is 1500. The second kappa shape index (κ2) is 16.0. The molecule has 5 aliphatic rings. The van der Waals surface area contributed by atoms with Gasteiger partial charge in [0, 0.05) is 30.8 Å². The summed E-state index contributed by atoms with van der Waals surface area (Å²) in [5, 5.41) is 12.5. The average Bonchev–Trinajstić information content (AvgIpc) is 3.80. The molecule has 0 aromatic carbocycles. The molecule has 8 nitrogen and oxygen atoms in total. The first kappa shape index (κ1) is 41.4. The van der Waals surface area contributed by atoms with Crippen LogP contribution in [0.1, 0.15) is 157 Å². The number of aryl methyl sites for hydroxylation is 2. The maximum absolute atomic E-state index is 14.4. The van der Waals surface area contributed by atoms with Gasteiger partial charge in [0.05, 0.1) is 43.4 Å². The Labute approximate surface area is 327 Å². The van der Waals surface area contributed by atoms with Crippen LogP contribution >= 0.6 is 0 Å². The number of aromatic nitrogens is 2. The Balaban J connectivity index is 1.08. The third-order valence-corrected chi connectivity index (χ3v) is 16.8. The van der Waals surface area contributed by atoms with Gasteiger partial charge >= 0.3 is 11.9 Å². The number of aliphatic hydroxyl groups is 1. The number of imidazole rings is 1. The normalized spacial score (nSPS) is 39.2. The molecule has 5 fully saturated rings. The smallest absolute Gasteiger partial charge is 0.312 e. The fourth-order valence-corrected chi connectivity index (χ4v) is 14.1. The van der Waals surface area contributed by atoms with Gasteiger partial charge in [0.25, 0.3) is 0 Å². The number of hydrogen-bond donors (Lipinski definition) is 1. The molecule has 1 saturated heterocycles. The van der Waals surface area contributed by atoms with E-state index >= 15 is 0 Å². The van der Waals surface area contributed by atoms with Gasteiger partial charge in [-0.3, -0.25) is 9.59 Å². The maximum Gasteiger partial charge on any atom is 0.312 e. The van der Waals surface area contributed by atoms with Crippen molar-refractivity contribution in [1.82, 2.24) is 9.55 Å². The number of ether oxygens (including phenoxy) is 3. The van der Waals surface area contributed by atoms with E-state index in [1.54, 1.807) is 0 Å². The van der Waals surface area contributed by atoms with E-state index in [1.807, 2.05) is 6.20 Å². The van der Waals surface area contributed by atoms with Crippen molar-refractivity contribution in [2.45, 2.75) is 182 Å². The van der Waals surface area contributed by atoms with Crippen molar-refractivity contribution in [2.24, 2.45) is 51.2 Å². The van der Waals surface area contributed by atoms with Crippen LogP contribution in [0.2, 0.25) is 0 Å². The zero-order valence-corrected chi connectivity index (χ0v) is 35.2. The Kier molecular flexibility index (Phi) is 12.3. The Morgan fingerprint density at radius 2 is 1.65 bits per heavy atom. The van der Waals surface area contributed by atoms with Gasteiger partial charge in [0.2, 0.25) is 0 Å². The molecule has 304 valence electrons. The SMILES string of the molecule is C=C(C)[C@@H]1CC[C@]2(C(=O)OCCCCCCCCCCn3ccnc3CC)CC[C@]3(C)[C@H](C[C@@H](O)[C@@H]4[C@@]5(C)C(CC(=O)OC)OC(C)(C)C5CC[C@]43C)[C@@H]12. The summed E-state index contributed by atoms with van der Waals surface area (Å²) in [6.07, 6.45) is 20.0. The molecule has 54 heavy (non-hydrogen) atoms. The van der Waals surface area contributed by atoms with E-state index in [4.69, 9.17) is 14.2 Å². The minimum absolute atomic E-state index is 0.00365. The van der Waals surface area contributed by atoms with Crippen molar-refractivity contribution in [2.75, 3.05) is 13.7 Å². The lowest BCUT2D eigenvalue weighted by Crippen LogP contribution is -2.69. The quantitative estimate of drug-likeness (QED) is 0.102. The van der Waals surface area contributed by atoms with E-state index in [2.05, 4.69) is 70.8 Å². The van der Waals surface area contributed by atoms with Crippen molar-refractivity contribution in [3.8, 4) is 0 Å². The first-order chi connectivity index (χ1) is 25.6. The van der Waals surface area contributed by atoms with Crippen LogP contribution in [0.25, 0.3) is 0 Å². The van der Waals surface area contributed by atoms with Gasteiger partial charge in [0.15, 0.2) is 0 Å². The summed E-state index contributed by atoms with van der Waals surface area (Å²) in [6, 6.07) is 0. The number of carbonyl (C=O) groups is 2. The third-order valence-electron chi connectivity index (χ3n) is 16.8. The zero-order valence-electron chi connectivity index (χ0n) is 35.2. The van der Waals surface area contributed by atoms with Gasteiger partial charge in [-0.2, -0.15) is 0 Å². The van der Waals surface area contributed by atoms with E-state index < -0.39 is 17.1 Å². The summed E-state index contributed by atoms with van der Waals surface area (Å²) in [5.74, 6) is 1.68. The molecule has 6 rings (SSSR count). The topological polar surface area (TPSA) is 99.9 Å². The van der Waals surface area contributed by atoms with Gasteiger partial charge in [0.1, 0.15) is 5.82 Å². The third kappa shape index (κ3) is 6.94. The lowest BCUT2D eigenvalue weighted by atomic mass is 9.33. The van der Waals surface area contributed by atoms with Crippen LogP contribution < -0.4 is 0 Å². The van der Waals surface area contributed by atoms with Crippen LogP contribution in [-0.2, 0) is 36.8 Å². The molecule has 2 unspecified atom stereocenters. The minimum atomic E-state index is -0.553. The predicted octanol–water partition coefficient (Wildman–Crippen LogP) is 9.66. The van der Waals surface area contributed by atoms with E-state index in [0.717, 1.165) is 69.9 Å². The number of methoxy groups -OCH3 is 1. The first-order valence-electron chi connectivity index (χ1n) is 21.9. The monoisotopic (exact) mass is 751 g/mol. The molecule has 0 amide bonds. The number of fused-ring (bicyclic) bond motifs is 7. The van der Waals surface area contributed by atoms with Crippen LogP contribution in [-0.4, -0.2) is 58.1 Å². The number of unbranched alkanes of at least 4 members (excludes halogenated alkanes) is 7. The van der Waals surface area contributed by atoms with E-state index in [0.29, 0.717) is 13.0 Å². The van der Waals surface area contributed by atoms with Gasteiger partial charge in [-0.1, -0.05) is 78.4 Å². The molecule has 0 spiro atoms. The Hall–Kier alpha value is -2.19. The van der Waals surface area contributed by atoms with Crippen molar-refractivity contribution in [3.05, 3.63) is 30.4 Å². The lowest BCUT2D eigenvalue weighted by Gasteiger charge is -2.71. The largest absolute Gasteiger partial charge is 0.469 e. The summed E-state index contributed by atoms with van der Waals surface area (Å²) in [7, 11) is 1.45. The van der Waals surface area contributed by atoms with E-state index in [-0.39, 0.29) is 70.3 Å². The summed E-state index contributed by atoms with van der Waals surface area (Å²) in [6.45, 7) is 21.9. The fraction of sp³-hybridized carbons (Fsp3) is 0.848. The van der Waals surface area contributed by atoms with Gasteiger partial charge in [-0.25, -0.2) is 4.98 Å². The van der Waals surface area contributed by atoms with Crippen LogP contribution in [0.4, 0.5) is 0 Å². The molecule has 1 aliphatic heterocycles. The molecule has 4 aliphatic carbocycles. The molecule has 0 radical (unpaired) electrons. The van der Waals surface area contributed by atoms with Crippen molar-refractivity contribution >= 4 is 11.9 Å². The maximum atomic E-state index is 14.4. The highest BCUT2D eigenvalue weighted by Crippen LogP contribution is 2.77. The second-order valence-electron chi connectivity index (χ2n) is 19.7. The molecule has 0 bridgehead atoms. The summed E-state index contributed by atoms with van der Waals surface area (Å²) >= 11 is 0. The number of rotatable bonds is 16. The highest BCUT2D eigenvalue weighted by atomic mass is 16.5. The minimum Gasteiger partial charge on any atom is -0.469 e. The lowest BCUT2D eigenvalue weighted by molar-refractivity contribution is -0.255. The number of aliphatic hydroxyl groups excluding tert-OH is 1.